The molecule has 0 atom stereocenters. The van der Waals surface area contributed by atoms with Gasteiger partial charge in [-0.15, -0.1) is 0 Å². The molecule has 0 saturated carbocycles. The Hall–Kier alpha value is -2.72. The number of rotatable bonds is 2. The normalized spacial score (nSPS) is 12.8. The predicted octanol–water partition coefficient (Wildman–Crippen LogP) is 5.42. The van der Waals surface area contributed by atoms with Gasteiger partial charge in [-0.3, -0.25) is 10.1 Å². The molecule has 4 aromatic rings. The van der Waals surface area contributed by atoms with E-state index in [0.717, 1.165) is 34.2 Å². The van der Waals surface area contributed by atoms with E-state index in [0.29, 0.717) is 10.7 Å². The minimum Gasteiger partial charge on any atom is -0.298 e. The molecule has 26 heavy (non-hydrogen) atoms. The molecule has 1 aliphatic rings. The van der Waals surface area contributed by atoms with Gasteiger partial charge in [-0.05, 0) is 60.9 Å². The molecular weight excluding hydrogens is 340 g/mol. The molecular formula is C22H18N2OS. The van der Waals surface area contributed by atoms with Crippen LogP contribution < -0.4 is 5.32 Å². The van der Waals surface area contributed by atoms with Crippen LogP contribution in [0.2, 0.25) is 0 Å². The molecule has 0 saturated heterocycles. The number of thiazole rings is 1. The number of benzene rings is 3. The van der Waals surface area contributed by atoms with Crippen LogP contribution in [0.25, 0.3) is 21.0 Å². The number of anilines is 1. The average Bonchev–Trinajstić information content (AvgIpc) is 3.20. The van der Waals surface area contributed by atoms with Crippen LogP contribution in [-0.2, 0) is 12.8 Å². The van der Waals surface area contributed by atoms with Gasteiger partial charge in [0.1, 0.15) is 0 Å². The number of nitrogens with zero attached hydrogens (tertiary/aromatic N) is 1. The highest BCUT2D eigenvalue weighted by Gasteiger charge is 2.19. The number of aromatic nitrogens is 1. The maximum Gasteiger partial charge on any atom is 0.257 e. The van der Waals surface area contributed by atoms with Gasteiger partial charge in [0, 0.05) is 10.9 Å². The van der Waals surface area contributed by atoms with Crippen LogP contribution in [0, 0.1) is 13.8 Å². The number of fused-ring (bicyclic) bond motifs is 2. The summed E-state index contributed by atoms with van der Waals surface area (Å²) in [5.74, 6) is -0.0983. The fourth-order valence-corrected chi connectivity index (χ4v) is 4.93. The molecule has 4 heteroatoms. The number of carbonyl (C=O) groups excluding carboxylic acids is 1. The Morgan fingerprint density at radius 2 is 1.92 bits per heavy atom. The zero-order chi connectivity index (χ0) is 17.8. The first-order valence-electron chi connectivity index (χ1n) is 8.83. The van der Waals surface area contributed by atoms with Crippen molar-refractivity contribution in [2.45, 2.75) is 26.7 Å². The predicted molar refractivity (Wildman–Crippen MR) is 108 cm³/mol. The van der Waals surface area contributed by atoms with E-state index in [2.05, 4.69) is 29.6 Å². The van der Waals surface area contributed by atoms with Crippen LogP contribution in [0.4, 0.5) is 5.13 Å². The molecule has 1 heterocycles. The van der Waals surface area contributed by atoms with Gasteiger partial charge in [0.05, 0.1) is 10.2 Å². The van der Waals surface area contributed by atoms with Crippen LogP contribution >= 0.6 is 11.3 Å². The number of hydrogen-bond donors (Lipinski definition) is 1. The fraction of sp³-hybridized carbons (Fsp3) is 0.182. The van der Waals surface area contributed by atoms with E-state index in [9.17, 15) is 4.79 Å². The van der Waals surface area contributed by atoms with Crippen molar-refractivity contribution in [3.8, 4) is 0 Å². The van der Waals surface area contributed by atoms with Crippen molar-refractivity contribution in [1.82, 2.24) is 4.98 Å². The lowest BCUT2D eigenvalue weighted by Crippen LogP contribution is -2.13. The molecule has 0 unspecified atom stereocenters. The minimum atomic E-state index is -0.0983. The third-order valence-electron chi connectivity index (χ3n) is 5.20. The summed E-state index contributed by atoms with van der Waals surface area (Å²) in [4.78, 5) is 17.4. The molecule has 3 nitrogen and oxygen atoms in total. The number of nitrogens with one attached hydrogen (secondary N) is 1. The first-order chi connectivity index (χ1) is 12.6. The van der Waals surface area contributed by atoms with E-state index in [1.165, 1.54) is 21.9 Å². The zero-order valence-corrected chi connectivity index (χ0v) is 15.5. The maximum absolute atomic E-state index is 12.7. The van der Waals surface area contributed by atoms with Gasteiger partial charge in [-0.2, -0.15) is 0 Å². The van der Waals surface area contributed by atoms with Gasteiger partial charge in [-0.25, -0.2) is 4.98 Å². The van der Waals surface area contributed by atoms with Crippen molar-refractivity contribution in [2.75, 3.05) is 5.32 Å². The number of hydrogen-bond acceptors (Lipinski definition) is 3. The second-order valence-corrected chi connectivity index (χ2v) is 8.04. The van der Waals surface area contributed by atoms with Crippen molar-refractivity contribution in [3.05, 3.63) is 70.3 Å². The maximum atomic E-state index is 12.7. The topological polar surface area (TPSA) is 42.0 Å². The highest BCUT2D eigenvalue weighted by atomic mass is 32.1. The van der Waals surface area contributed by atoms with E-state index in [-0.39, 0.29) is 5.91 Å². The molecule has 128 valence electrons. The van der Waals surface area contributed by atoms with Crippen LogP contribution in [0.1, 0.15) is 32.6 Å². The summed E-state index contributed by atoms with van der Waals surface area (Å²) >= 11 is 1.55. The molecule has 0 radical (unpaired) electrons. The second-order valence-electron chi connectivity index (χ2n) is 7.01. The Balaban J connectivity index is 1.57. The number of aryl methyl sites for hydroxylation is 4. The largest absolute Gasteiger partial charge is 0.298 e. The summed E-state index contributed by atoms with van der Waals surface area (Å²) in [6.07, 6.45) is 2.20. The highest BCUT2D eigenvalue weighted by molar-refractivity contribution is 7.22. The molecule has 3 aromatic carbocycles. The SMILES string of the molecule is Cc1ccc(C(=O)Nc2nc3c(cc4c5c(cccc53)CC4)s2)c(C)c1. The molecule has 0 spiro atoms. The van der Waals surface area contributed by atoms with Gasteiger partial charge in [0.25, 0.3) is 5.91 Å². The van der Waals surface area contributed by atoms with Gasteiger partial charge in [0.15, 0.2) is 5.13 Å². The van der Waals surface area contributed by atoms with Gasteiger partial charge >= 0.3 is 0 Å². The molecule has 0 fully saturated rings. The molecule has 1 amide bonds. The number of carbonyl (C=O) groups is 1. The highest BCUT2D eigenvalue weighted by Crippen LogP contribution is 2.39. The lowest BCUT2D eigenvalue weighted by molar-refractivity contribution is 0.102. The Morgan fingerprint density at radius 1 is 1.08 bits per heavy atom. The summed E-state index contributed by atoms with van der Waals surface area (Å²) in [5.41, 5.74) is 6.64. The Kier molecular flexibility index (Phi) is 3.37. The van der Waals surface area contributed by atoms with Crippen LogP contribution in [0.15, 0.2) is 42.5 Å². The molecule has 1 aliphatic carbocycles. The third-order valence-corrected chi connectivity index (χ3v) is 6.11. The van der Waals surface area contributed by atoms with Crippen LogP contribution in [-0.4, -0.2) is 10.9 Å². The summed E-state index contributed by atoms with van der Waals surface area (Å²) < 4.78 is 1.14. The van der Waals surface area contributed by atoms with Crippen molar-refractivity contribution in [2.24, 2.45) is 0 Å². The Labute approximate surface area is 155 Å². The Bertz CT molecular complexity index is 1210. The summed E-state index contributed by atoms with van der Waals surface area (Å²) in [5, 5.41) is 6.22. The van der Waals surface area contributed by atoms with Crippen molar-refractivity contribution in [3.63, 3.8) is 0 Å². The summed E-state index contributed by atoms with van der Waals surface area (Å²) in [6, 6.07) is 14.6. The molecule has 0 bridgehead atoms. The van der Waals surface area contributed by atoms with Gasteiger partial charge in [-0.1, -0.05) is 47.2 Å². The standard InChI is InChI=1S/C22H18N2OS/c1-12-6-9-16(13(2)10-12)21(25)24-22-23-20-17-5-3-4-14-7-8-15(19(14)17)11-18(20)26-22/h3-6,9-11H,7-8H2,1-2H3,(H,23,24,25). The third kappa shape index (κ3) is 2.33. The molecule has 1 aromatic heterocycles. The van der Waals surface area contributed by atoms with Crippen molar-refractivity contribution in [1.29, 1.82) is 0 Å². The van der Waals surface area contributed by atoms with Crippen LogP contribution in [0.5, 0.6) is 0 Å². The van der Waals surface area contributed by atoms with Gasteiger partial charge in [0.2, 0.25) is 0 Å². The van der Waals surface area contributed by atoms with E-state index >= 15 is 0 Å². The van der Waals surface area contributed by atoms with E-state index in [1.54, 1.807) is 11.3 Å². The fourth-order valence-electron chi connectivity index (χ4n) is 3.99. The summed E-state index contributed by atoms with van der Waals surface area (Å²) in [7, 11) is 0. The van der Waals surface area contributed by atoms with E-state index < -0.39 is 0 Å². The summed E-state index contributed by atoms with van der Waals surface area (Å²) in [6.45, 7) is 4.00. The lowest BCUT2D eigenvalue weighted by Gasteiger charge is -2.06. The van der Waals surface area contributed by atoms with E-state index in [1.807, 2.05) is 32.0 Å². The monoisotopic (exact) mass is 358 g/mol. The first kappa shape index (κ1) is 15.5. The first-order valence-corrected chi connectivity index (χ1v) is 9.64. The molecule has 1 N–H and O–H groups in total. The molecule has 5 rings (SSSR count). The van der Waals surface area contributed by atoms with Crippen molar-refractivity contribution >= 4 is 43.4 Å². The Morgan fingerprint density at radius 3 is 2.77 bits per heavy atom. The second kappa shape index (κ2) is 5.64. The lowest BCUT2D eigenvalue weighted by atomic mass is 10.0. The average molecular weight is 358 g/mol. The zero-order valence-electron chi connectivity index (χ0n) is 14.7. The smallest absolute Gasteiger partial charge is 0.257 e. The molecule has 0 aliphatic heterocycles. The minimum absolute atomic E-state index is 0.0983. The van der Waals surface area contributed by atoms with Crippen LogP contribution in [0.3, 0.4) is 0 Å². The number of amides is 1. The van der Waals surface area contributed by atoms with E-state index in [4.69, 9.17) is 4.98 Å². The van der Waals surface area contributed by atoms with Crippen molar-refractivity contribution < 1.29 is 4.79 Å². The van der Waals surface area contributed by atoms with Gasteiger partial charge < -0.3 is 0 Å². The quantitative estimate of drug-likeness (QED) is 0.520.